The molecule has 98 valence electrons. The van der Waals surface area contributed by atoms with Crippen molar-refractivity contribution in [1.82, 2.24) is 20.3 Å². The van der Waals surface area contributed by atoms with E-state index in [0.29, 0.717) is 12.3 Å². The van der Waals surface area contributed by atoms with Crippen molar-refractivity contribution in [2.45, 2.75) is 32.0 Å². The summed E-state index contributed by atoms with van der Waals surface area (Å²) in [7, 11) is 0. The Labute approximate surface area is 103 Å². The summed E-state index contributed by atoms with van der Waals surface area (Å²) in [5.41, 5.74) is 0.516. The molecule has 1 aliphatic rings. The predicted octanol–water partition coefficient (Wildman–Crippen LogP) is -0.842. The Balaban J connectivity index is 1.80. The summed E-state index contributed by atoms with van der Waals surface area (Å²) in [5.74, 6) is -1.16. The Hall–Kier alpha value is -1.96. The molecule has 0 saturated carbocycles. The molecule has 0 bridgehead atoms. The monoisotopic (exact) mass is 254 g/mol. The van der Waals surface area contributed by atoms with E-state index in [4.69, 9.17) is 9.84 Å². The lowest BCUT2D eigenvalue weighted by Gasteiger charge is -2.08. The standard InChI is InChI=1S/C10H14N4O4/c15-9(16)6-14-5-7(12-13-14)4-11-10(17)8-2-1-3-18-8/h5,8H,1-4,6H2,(H,11,17)(H,15,16). The van der Waals surface area contributed by atoms with Crippen LogP contribution >= 0.6 is 0 Å². The molecule has 18 heavy (non-hydrogen) atoms. The van der Waals surface area contributed by atoms with E-state index in [1.807, 2.05) is 0 Å². The van der Waals surface area contributed by atoms with Crippen LogP contribution in [0.3, 0.4) is 0 Å². The van der Waals surface area contributed by atoms with Gasteiger partial charge in [-0.2, -0.15) is 0 Å². The minimum atomic E-state index is -0.991. The van der Waals surface area contributed by atoms with Crippen LogP contribution < -0.4 is 5.32 Å². The summed E-state index contributed by atoms with van der Waals surface area (Å²) in [4.78, 5) is 22.1. The molecule has 1 fully saturated rings. The van der Waals surface area contributed by atoms with Crippen LogP contribution in [0, 0.1) is 0 Å². The van der Waals surface area contributed by atoms with E-state index >= 15 is 0 Å². The van der Waals surface area contributed by atoms with Gasteiger partial charge in [0, 0.05) is 6.61 Å². The number of amides is 1. The second-order valence-electron chi connectivity index (χ2n) is 4.02. The van der Waals surface area contributed by atoms with E-state index in [1.54, 1.807) is 0 Å². The maximum Gasteiger partial charge on any atom is 0.325 e. The Morgan fingerprint density at radius 2 is 2.44 bits per heavy atom. The highest BCUT2D eigenvalue weighted by atomic mass is 16.5. The van der Waals surface area contributed by atoms with Crippen LogP contribution in [-0.2, 0) is 27.4 Å². The van der Waals surface area contributed by atoms with Gasteiger partial charge < -0.3 is 15.2 Å². The topological polar surface area (TPSA) is 106 Å². The van der Waals surface area contributed by atoms with Crippen LogP contribution in [0.2, 0.25) is 0 Å². The lowest BCUT2D eigenvalue weighted by molar-refractivity contribution is -0.138. The number of ether oxygens (including phenoxy) is 1. The number of nitrogens with zero attached hydrogens (tertiary/aromatic N) is 3. The average molecular weight is 254 g/mol. The number of aromatic nitrogens is 3. The Morgan fingerprint density at radius 1 is 1.61 bits per heavy atom. The number of nitrogens with one attached hydrogen (secondary N) is 1. The molecule has 2 N–H and O–H groups in total. The lowest BCUT2D eigenvalue weighted by atomic mass is 10.2. The second-order valence-corrected chi connectivity index (χ2v) is 4.02. The van der Waals surface area contributed by atoms with Gasteiger partial charge in [-0.05, 0) is 12.8 Å². The fraction of sp³-hybridized carbons (Fsp3) is 0.600. The van der Waals surface area contributed by atoms with Gasteiger partial charge in [-0.25, -0.2) is 4.68 Å². The van der Waals surface area contributed by atoms with Crippen molar-refractivity contribution in [3.8, 4) is 0 Å². The number of carbonyl (C=O) groups is 2. The van der Waals surface area contributed by atoms with Crippen molar-refractivity contribution >= 4 is 11.9 Å². The zero-order chi connectivity index (χ0) is 13.0. The maximum atomic E-state index is 11.6. The van der Waals surface area contributed by atoms with Crippen molar-refractivity contribution in [3.63, 3.8) is 0 Å². The molecule has 0 aliphatic carbocycles. The van der Waals surface area contributed by atoms with E-state index in [9.17, 15) is 9.59 Å². The summed E-state index contributed by atoms with van der Waals surface area (Å²) in [6, 6.07) is 0. The summed E-state index contributed by atoms with van der Waals surface area (Å²) < 4.78 is 6.43. The molecule has 1 saturated heterocycles. The van der Waals surface area contributed by atoms with E-state index in [0.717, 1.165) is 12.8 Å². The van der Waals surface area contributed by atoms with Gasteiger partial charge in [0.1, 0.15) is 18.3 Å². The van der Waals surface area contributed by atoms with Crippen LogP contribution in [0.5, 0.6) is 0 Å². The number of carbonyl (C=O) groups excluding carboxylic acids is 1. The minimum Gasteiger partial charge on any atom is -0.480 e. The molecule has 1 aromatic heterocycles. The van der Waals surface area contributed by atoms with Crippen LogP contribution in [0.15, 0.2) is 6.20 Å². The third kappa shape index (κ3) is 3.27. The molecule has 0 spiro atoms. The summed E-state index contributed by atoms with van der Waals surface area (Å²) in [5, 5.41) is 18.6. The zero-order valence-electron chi connectivity index (χ0n) is 9.70. The lowest BCUT2D eigenvalue weighted by Crippen LogP contribution is -2.33. The highest BCUT2D eigenvalue weighted by Gasteiger charge is 2.23. The van der Waals surface area contributed by atoms with Gasteiger partial charge >= 0.3 is 5.97 Å². The Morgan fingerprint density at radius 3 is 3.11 bits per heavy atom. The molecular formula is C10H14N4O4. The fourth-order valence-corrected chi connectivity index (χ4v) is 1.71. The molecule has 2 rings (SSSR count). The molecule has 1 aromatic rings. The smallest absolute Gasteiger partial charge is 0.325 e. The Kier molecular flexibility index (Phi) is 3.88. The predicted molar refractivity (Wildman–Crippen MR) is 58.5 cm³/mol. The van der Waals surface area contributed by atoms with Crippen LogP contribution in [0.25, 0.3) is 0 Å². The Bertz CT molecular complexity index is 439. The largest absolute Gasteiger partial charge is 0.480 e. The van der Waals surface area contributed by atoms with Crippen LogP contribution in [-0.4, -0.2) is 44.7 Å². The van der Waals surface area contributed by atoms with Gasteiger partial charge in [0.25, 0.3) is 0 Å². The van der Waals surface area contributed by atoms with Crippen molar-refractivity contribution in [2.24, 2.45) is 0 Å². The molecule has 1 unspecified atom stereocenters. The first-order valence-electron chi connectivity index (χ1n) is 5.65. The molecular weight excluding hydrogens is 240 g/mol. The number of aliphatic carboxylic acids is 1. The second kappa shape index (κ2) is 5.58. The summed E-state index contributed by atoms with van der Waals surface area (Å²) >= 11 is 0. The normalized spacial score (nSPS) is 18.8. The van der Waals surface area contributed by atoms with Crippen LogP contribution in [0.1, 0.15) is 18.5 Å². The summed E-state index contributed by atoms with van der Waals surface area (Å²) in [6.07, 6.45) is 2.74. The molecule has 0 aromatic carbocycles. The number of hydrogen-bond donors (Lipinski definition) is 2. The van der Waals surface area contributed by atoms with E-state index in [-0.39, 0.29) is 25.1 Å². The van der Waals surface area contributed by atoms with Gasteiger partial charge in [0.15, 0.2) is 0 Å². The minimum absolute atomic E-state index is 0.166. The SMILES string of the molecule is O=C(O)Cn1cc(CNC(=O)C2CCCO2)nn1. The average Bonchev–Trinajstić information content (AvgIpc) is 2.95. The van der Waals surface area contributed by atoms with Crippen molar-refractivity contribution in [2.75, 3.05) is 6.61 Å². The molecule has 1 amide bonds. The number of carboxylic acids is 1. The first-order valence-corrected chi connectivity index (χ1v) is 5.65. The van der Waals surface area contributed by atoms with E-state index < -0.39 is 5.97 Å². The fourth-order valence-electron chi connectivity index (χ4n) is 1.71. The molecule has 1 atom stereocenters. The van der Waals surface area contributed by atoms with E-state index in [2.05, 4.69) is 15.6 Å². The zero-order valence-corrected chi connectivity index (χ0v) is 9.70. The van der Waals surface area contributed by atoms with Gasteiger partial charge in [-0.1, -0.05) is 5.21 Å². The van der Waals surface area contributed by atoms with Crippen molar-refractivity contribution in [3.05, 3.63) is 11.9 Å². The molecule has 1 aliphatic heterocycles. The first-order chi connectivity index (χ1) is 8.65. The van der Waals surface area contributed by atoms with Gasteiger partial charge in [-0.15, -0.1) is 5.10 Å². The highest BCUT2D eigenvalue weighted by Crippen LogP contribution is 2.11. The van der Waals surface area contributed by atoms with Gasteiger partial charge in [0.2, 0.25) is 5.91 Å². The molecule has 8 heteroatoms. The van der Waals surface area contributed by atoms with Crippen molar-refractivity contribution in [1.29, 1.82) is 0 Å². The quantitative estimate of drug-likeness (QED) is 0.709. The highest BCUT2D eigenvalue weighted by molar-refractivity contribution is 5.80. The molecule has 0 radical (unpaired) electrons. The molecule has 2 heterocycles. The number of hydrogen-bond acceptors (Lipinski definition) is 5. The van der Waals surface area contributed by atoms with Gasteiger partial charge in [-0.3, -0.25) is 9.59 Å². The third-order valence-corrected chi connectivity index (χ3v) is 2.55. The van der Waals surface area contributed by atoms with Crippen molar-refractivity contribution < 1.29 is 19.4 Å². The van der Waals surface area contributed by atoms with E-state index in [1.165, 1.54) is 10.9 Å². The molecule has 8 nitrogen and oxygen atoms in total. The van der Waals surface area contributed by atoms with Crippen LogP contribution in [0.4, 0.5) is 0 Å². The maximum absolute atomic E-state index is 11.6. The first kappa shape index (κ1) is 12.5. The number of rotatable bonds is 5. The third-order valence-electron chi connectivity index (χ3n) is 2.55. The number of carboxylic acid groups (broad SMARTS) is 1. The summed E-state index contributed by atoms with van der Waals surface area (Å²) in [6.45, 7) is 0.595. The van der Waals surface area contributed by atoms with Gasteiger partial charge in [0.05, 0.1) is 12.7 Å².